The lowest BCUT2D eigenvalue weighted by Gasteiger charge is -2.36. The van der Waals surface area contributed by atoms with E-state index in [1.54, 1.807) is 18.3 Å². The number of hydrazone groups is 1. The standard InChI is InChI=1S/C25H25N5O2/c26-15-21-22(19-9-3-1-4-10-19)28-24(29-23(21)32)30-27-16-18-8-7-11-20(14-18)25(17-31)12-5-2-6-13-25/h1,3-4,7-11,14,16,31H,2,5-6,12-13,17H2,(H2,28,29,30,32). The van der Waals surface area contributed by atoms with Gasteiger partial charge in [0.15, 0.2) is 0 Å². The number of benzene rings is 2. The Hall–Kier alpha value is -3.76. The zero-order chi connectivity index (χ0) is 22.4. The Morgan fingerprint density at radius 2 is 1.94 bits per heavy atom. The lowest BCUT2D eigenvalue weighted by molar-refractivity contribution is 0.152. The van der Waals surface area contributed by atoms with Crippen LogP contribution in [0.1, 0.15) is 48.8 Å². The van der Waals surface area contributed by atoms with Gasteiger partial charge in [-0.25, -0.2) is 10.4 Å². The van der Waals surface area contributed by atoms with Gasteiger partial charge in [-0.3, -0.25) is 9.78 Å². The second-order valence-electron chi connectivity index (χ2n) is 8.11. The number of hydrogen-bond acceptors (Lipinski definition) is 6. The fraction of sp³-hybridized carbons (Fsp3) is 0.280. The third-order valence-electron chi connectivity index (χ3n) is 6.07. The number of nitriles is 1. The van der Waals surface area contributed by atoms with Crippen LogP contribution in [0.15, 0.2) is 64.5 Å². The first-order chi connectivity index (χ1) is 15.6. The van der Waals surface area contributed by atoms with Crippen molar-refractivity contribution in [1.82, 2.24) is 9.97 Å². The van der Waals surface area contributed by atoms with Gasteiger partial charge in [0.25, 0.3) is 5.56 Å². The summed E-state index contributed by atoms with van der Waals surface area (Å²) < 4.78 is 0. The van der Waals surface area contributed by atoms with Crippen molar-refractivity contribution in [2.45, 2.75) is 37.5 Å². The lowest BCUT2D eigenvalue weighted by Crippen LogP contribution is -2.33. The maximum absolute atomic E-state index is 12.4. The second kappa shape index (κ2) is 9.58. The molecule has 0 unspecified atom stereocenters. The van der Waals surface area contributed by atoms with Crippen LogP contribution < -0.4 is 11.0 Å². The number of H-pyrrole nitrogens is 1. The summed E-state index contributed by atoms with van der Waals surface area (Å²) in [6.45, 7) is 0.143. The van der Waals surface area contributed by atoms with Gasteiger partial charge in [-0.1, -0.05) is 67.8 Å². The highest BCUT2D eigenvalue weighted by atomic mass is 16.3. The molecule has 0 spiro atoms. The second-order valence-corrected chi connectivity index (χ2v) is 8.11. The number of rotatable bonds is 6. The summed E-state index contributed by atoms with van der Waals surface area (Å²) in [5.41, 5.74) is 5.00. The van der Waals surface area contributed by atoms with E-state index in [1.807, 2.05) is 36.4 Å². The Kier molecular flexibility index (Phi) is 6.43. The Balaban J connectivity index is 1.57. The molecule has 0 aliphatic heterocycles. The SMILES string of the molecule is N#Cc1c(-c2ccccc2)nc(NN=Cc2cccc(C3(CO)CCCCC3)c2)[nH]c1=O. The summed E-state index contributed by atoms with van der Waals surface area (Å²) in [6.07, 6.45) is 7.09. The van der Waals surface area contributed by atoms with Crippen molar-refractivity contribution >= 4 is 12.2 Å². The van der Waals surface area contributed by atoms with Crippen LogP contribution in [0.2, 0.25) is 0 Å². The van der Waals surface area contributed by atoms with Gasteiger partial charge >= 0.3 is 0 Å². The summed E-state index contributed by atoms with van der Waals surface area (Å²) >= 11 is 0. The highest BCUT2D eigenvalue weighted by molar-refractivity contribution is 5.80. The summed E-state index contributed by atoms with van der Waals surface area (Å²) in [6, 6.07) is 19.0. The molecule has 1 aliphatic rings. The van der Waals surface area contributed by atoms with E-state index in [2.05, 4.69) is 32.6 Å². The molecule has 0 radical (unpaired) electrons. The molecule has 7 heteroatoms. The average molecular weight is 428 g/mol. The first-order valence-corrected chi connectivity index (χ1v) is 10.8. The van der Waals surface area contributed by atoms with Gasteiger partial charge in [0.2, 0.25) is 5.95 Å². The molecule has 1 saturated carbocycles. The molecular weight excluding hydrogens is 402 g/mol. The van der Waals surface area contributed by atoms with Gasteiger partial charge in [0.05, 0.1) is 18.5 Å². The average Bonchev–Trinajstić information content (AvgIpc) is 2.85. The molecule has 1 aliphatic carbocycles. The van der Waals surface area contributed by atoms with Crippen LogP contribution in [-0.4, -0.2) is 27.9 Å². The van der Waals surface area contributed by atoms with Gasteiger partial charge in [-0.05, 0) is 30.0 Å². The predicted molar refractivity (Wildman–Crippen MR) is 125 cm³/mol. The fourth-order valence-corrected chi connectivity index (χ4v) is 4.32. The molecule has 3 N–H and O–H groups in total. The van der Waals surface area contributed by atoms with E-state index in [1.165, 1.54) is 6.42 Å². The molecule has 32 heavy (non-hydrogen) atoms. The van der Waals surface area contributed by atoms with Gasteiger partial charge in [0.1, 0.15) is 11.6 Å². The molecule has 0 amide bonds. The van der Waals surface area contributed by atoms with Gasteiger partial charge in [-0.2, -0.15) is 10.4 Å². The Bertz CT molecular complexity index is 1200. The van der Waals surface area contributed by atoms with Crippen molar-refractivity contribution in [2.75, 3.05) is 12.0 Å². The normalized spacial score (nSPS) is 15.4. The van der Waals surface area contributed by atoms with Crippen LogP contribution in [0.4, 0.5) is 5.95 Å². The Morgan fingerprint density at radius 1 is 1.16 bits per heavy atom. The van der Waals surface area contributed by atoms with Crippen LogP contribution in [0.25, 0.3) is 11.3 Å². The molecule has 0 bridgehead atoms. The van der Waals surface area contributed by atoms with E-state index in [9.17, 15) is 15.2 Å². The zero-order valence-corrected chi connectivity index (χ0v) is 17.7. The van der Waals surface area contributed by atoms with Crippen molar-refractivity contribution in [3.8, 4) is 17.3 Å². The smallest absolute Gasteiger partial charge is 0.270 e. The van der Waals surface area contributed by atoms with Crippen LogP contribution in [-0.2, 0) is 5.41 Å². The van der Waals surface area contributed by atoms with Crippen molar-refractivity contribution in [1.29, 1.82) is 5.26 Å². The van der Waals surface area contributed by atoms with Crippen molar-refractivity contribution in [3.63, 3.8) is 0 Å². The number of nitrogens with one attached hydrogen (secondary N) is 2. The molecule has 162 valence electrons. The first-order valence-electron chi connectivity index (χ1n) is 10.8. The van der Waals surface area contributed by atoms with E-state index >= 15 is 0 Å². The molecule has 1 fully saturated rings. The largest absolute Gasteiger partial charge is 0.395 e. The highest BCUT2D eigenvalue weighted by Crippen LogP contribution is 2.39. The molecule has 7 nitrogen and oxygen atoms in total. The lowest BCUT2D eigenvalue weighted by atomic mass is 9.70. The zero-order valence-electron chi connectivity index (χ0n) is 17.7. The number of hydrogen-bond donors (Lipinski definition) is 3. The highest BCUT2D eigenvalue weighted by Gasteiger charge is 2.33. The molecule has 1 heterocycles. The van der Waals surface area contributed by atoms with Crippen molar-refractivity contribution in [3.05, 3.63) is 81.6 Å². The Labute approximate surface area is 186 Å². The van der Waals surface area contributed by atoms with Crippen molar-refractivity contribution in [2.24, 2.45) is 5.10 Å². The first kappa shape index (κ1) is 21.5. The Morgan fingerprint density at radius 3 is 2.66 bits per heavy atom. The minimum atomic E-state index is -0.525. The maximum Gasteiger partial charge on any atom is 0.270 e. The van der Waals surface area contributed by atoms with Crippen LogP contribution in [0.3, 0.4) is 0 Å². The number of aliphatic hydroxyl groups is 1. The summed E-state index contributed by atoms with van der Waals surface area (Å²) in [5, 5.41) is 23.7. The molecule has 0 saturated heterocycles. The molecule has 3 aromatic rings. The van der Waals surface area contributed by atoms with Crippen molar-refractivity contribution < 1.29 is 5.11 Å². The van der Waals surface area contributed by atoms with Crippen LogP contribution in [0.5, 0.6) is 0 Å². The molecular formula is C25H25N5O2. The minimum absolute atomic E-state index is 0.0415. The summed E-state index contributed by atoms with van der Waals surface area (Å²) in [7, 11) is 0. The van der Waals surface area contributed by atoms with Crippen LogP contribution in [0, 0.1) is 11.3 Å². The number of nitrogens with zero attached hydrogens (tertiary/aromatic N) is 3. The minimum Gasteiger partial charge on any atom is -0.395 e. The molecule has 0 atom stereocenters. The third-order valence-corrected chi connectivity index (χ3v) is 6.07. The maximum atomic E-state index is 12.4. The number of aliphatic hydroxyl groups excluding tert-OH is 1. The molecule has 4 rings (SSSR count). The number of aromatic nitrogens is 2. The molecule has 1 aromatic heterocycles. The number of anilines is 1. The topological polar surface area (TPSA) is 114 Å². The van der Waals surface area contributed by atoms with Gasteiger partial charge in [-0.15, -0.1) is 0 Å². The predicted octanol–water partition coefficient (Wildman–Crippen LogP) is 3.95. The third kappa shape index (κ3) is 4.46. The van der Waals surface area contributed by atoms with E-state index in [0.29, 0.717) is 11.3 Å². The van der Waals surface area contributed by atoms with Gasteiger partial charge in [0, 0.05) is 11.0 Å². The van der Waals surface area contributed by atoms with Gasteiger partial charge < -0.3 is 5.11 Å². The summed E-state index contributed by atoms with van der Waals surface area (Å²) in [5.74, 6) is 0.152. The van der Waals surface area contributed by atoms with E-state index in [-0.39, 0.29) is 23.5 Å². The van der Waals surface area contributed by atoms with E-state index in [0.717, 1.165) is 36.8 Å². The quantitative estimate of drug-likeness (QED) is 0.407. The van der Waals surface area contributed by atoms with E-state index < -0.39 is 5.56 Å². The molecule has 2 aromatic carbocycles. The fourth-order valence-electron chi connectivity index (χ4n) is 4.32. The van der Waals surface area contributed by atoms with Crippen LogP contribution >= 0.6 is 0 Å². The number of aromatic amines is 1. The summed E-state index contributed by atoms with van der Waals surface area (Å²) in [4.78, 5) is 19.3. The van der Waals surface area contributed by atoms with E-state index in [4.69, 9.17) is 0 Å². The monoisotopic (exact) mass is 427 g/mol.